The summed E-state index contributed by atoms with van der Waals surface area (Å²) in [6, 6.07) is 3.71. The molecule has 1 aromatic carbocycles. The van der Waals surface area contributed by atoms with Crippen LogP contribution in [0.1, 0.15) is 50.9 Å². The van der Waals surface area contributed by atoms with Crippen LogP contribution in [-0.4, -0.2) is 36.2 Å². The summed E-state index contributed by atoms with van der Waals surface area (Å²) >= 11 is 0.873. The number of alkyl halides is 3. The van der Waals surface area contributed by atoms with E-state index >= 15 is 0 Å². The van der Waals surface area contributed by atoms with Crippen LogP contribution < -0.4 is 16.4 Å². The molecule has 1 aliphatic carbocycles. The van der Waals surface area contributed by atoms with E-state index in [1.165, 1.54) is 6.92 Å². The summed E-state index contributed by atoms with van der Waals surface area (Å²) in [6.07, 6.45) is -2.88. The summed E-state index contributed by atoms with van der Waals surface area (Å²) in [4.78, 5) is 38.1. The molecule has 0 aliphatic heterocycles. The van der Waals surface area contributed by atoms with Crippen molar-refractivity contribution in [1.29, 1.82) is 0 Å². The van der Waals surface area contributed by atoms with Crippen molar-refractivity contribution in [2.75, 3.05) is 11.9 Å². The smallest absolute Gasteiger partial charge is 0.441 e. The first-order chi connectivity index (χ1) is 15.5. The summed E-state index contributed by atoms with van der Waals surface area (Å²) in [5.41, 5.74) is 1.79. The number of benzene rings is 1. The topological polar surface area (TPSA) is 111 Å². The van der Waals surface area contributed by atoms with E-state index in [0.29, 0.717) is 23.3 Å². The number of nitrogens with two attached hydrogens (primary N) is 1. The SMILES string of the molecule is CCOC(=O)[C@](NC(=O)c1ccc(F)cc1)(Nc1sc2c(c1C(N)=O)CCCC2)C(F)(F)F. The fourth-order valence-electron chi connectivity index (χ4n) is 3.56. The second-order valence-electron chi connectivity index (χ2n) is 7.33. The van der Waals surface area contributed by atoms with Gasteiger partial charge in [0.2, 0.25) is 0 Å². The number of hydrogen-bond donors (Lipinski definition) is 3. The van der Waals surface area contributed by atoms with Crippen LogP contribution in [0.5, 0.6) is 0 Å². The molecular weight excluding hydrogens is 466 g/mol. The largest absolute Gasteiger partial charge is 0.463 e. The van der Waals surface area contributed by atoms with Gasteiger partial charge in [-0.2, -0.15) is 13.2 Å². The number of aryl methyl sites for hydroxylation is 1. The van der Waals surface area contributed by atoms with Gasteiger partial charge in [0, 0.05) is 10.4 Å². The number of carbonyl (C=O) groups excluding carboxylic acids is 3. The Morgan fingerprint density at radius 3 is 2.33 bits per heavy atom. The van der Waals surface area contributed by atoms with Crippen molar-refractivity contribution < 1.29 is 36.7 Å². The number of carbonyl (C=O) groups is 3. The monoisotopic (exact) mass is 487 g/mol. The number of rotatable bonds is 7. The number of halogens is 4. The van der Waals surface area contributed by atoms with Gasteiger partial charge in [0.25, 0.3) is 11.8 Å². The molecule has 0 fully saturated rings. The van der Waals surface area contributed by atoms with Gasteiger partial charge in [-0.1, -0.05) is 0 Å². The van der Waals surface area contributed by atoms with Crippen LogP contribution in [0.3, 0.4) is 0 Å². The molecule has 1 aromatic heterocycles. The maximum Gasteiger partial charge on any atom is 0.441 e. The minimum atomic E-state index is -5.39. The van der Waals surface area contributed by atoms with Crippen LogP contribution in [0, 0.1) is 5.82 Å². The first-order valence-electron chi connectivity index (χ1n) is 10.0. The van der Waals surface area contributed by atoms with Crippen molar-refractivity contribution in [2.24, 2.45) is 5.73 Å². The Morgan fingerprint density at radius 2 is 1.76 bits per heavy atom. The summed E-state index contributed by atoms with van der Waals surface area (Å²) in [5.74, 6) is -4.79. The number of ether oxygens (including phenoxy) is 1. The minimum Gasteiger partial charge on any atom is -0.463 e. The molecule has 0 spiro atoms. The highest BCUT2D eigenvalue weighted by Gasteiger charge is 2.64. The number of thiophene rings is 1. The lowest BCUT2D eigenvalue weighted by atomic mass is 9.95. The van der Waals surface area contributed by atoms with E-state index < -0.39 is 42.0 Å². The third kappa shape index (κ3) is 4.80. The molecular formula is C21H21F4N3O4S. The molecule has 1 heterocycles. The Morgan fingerprint density at radius 1 is 1.12 bits per heavy atom. The van der Waals surface area contributed by atoms with Gasteiger partial charge < -0.3 is 21.1 Å². The average molecular weight is 487 g/mol. The van der Waals surface area contributed by atoms with E-state index in [9.17, 15) is 31.9 Å². The second-order valence-corrected chi connectivity index (χ2v) is 8.44. The Bertz CT molecular complexity index is 1070. The average Bonchev–Trinajstić information content (AvgIpc) is 3.10. The predicted octanol–water partition coefficient (Wildman–Crippen LogP) is 3.53. The highest BCUT2D eigenvalue weighted by atomic mass is 32.1. The molecule has 0 unspecified atom stereocenters. The third-order valence-electron chi connectivity index (χ3n) is 5.13. The lowest BCUT2D eigenvalue weighted by molar-refractivity contribution is -0.204. The highest BCUT2D eigenvalue weighted by Crippen LogP contribution is 2.42. The van der Waals surface area contributed by atoms with Gasteiger partial charge in [-0.05, 0) is 62.4 Å². The van der Waals surface area contributed by atoms with Crippen molar-refractivity contribution in [3.05, 3.63) is 51.7 Å². The number of amides is 2. The number of nitrogens with one attached hydrogen (secondary N) is 2. The third-order valence-corrected chi connectivity index (χ3v) is 6.34. The van der Waals surface area contributed by atoms with Crippen molar-refractivity contribution >= 4 is 34.1 Å². The fourth-order valence-corrected chi connectivity index (χ4v) is 4.91. The molecule has 3 rings (SSSR count). The first-order valence-corrected chi connectivity index (χ1v) is 10.9. The van der Waals surface area contributed by atoms with Gasteiger partial charge >= 0.3 is 17.8 Å². The summed E-state index contributed by atoms with van der Waals surface area (Å²) in [6.45, 7) is 0.897. The van der Waals surface area contributed by atoms with Gasteiger partial charge in [0.15, 0.2) is 0 Å². The predicted molar refractivity (Wildman–Crippen MR) is 112 cm³/mol. The van der Waals surface area contributed by atoms with Gasteiger partial charge in [-0.25, -0.2) is 9.18 Å². The molecule has 0 saturated heterocycles. The molecule has 2 aromatic rings. The van der Waals surface area contributed by atoms with Gasteiger partial charge in [0.05, 0.1) is 12.2 Å². The maximum absolute atomic E-state index is 14.4. The lowest BCUT2D eigenvalue weighted by Gasteiger charge is -2.35. The zero-order valence-electron chi connectivity index (χ0n) is 17.5. The van der Waals surface area contributed by atoms with Crippen LogP contribution in [0.4, 0.5) is 22.6 Å². The molecule has 1 aliphatic rings. The zero-order valence-corrected chi connectivity index (χ0v) is 18.3. The van der Waals surface area contributed by atoms with Gasteiger partial charge in [0.1, 0.15) is 10.8 Å². The number of primary amides is 1. The maximum atomic E-state index is 14.4. The van der Waals surface area contributed by atoms with Gasteiger partial charge in [-0.15, -0.1) is 11.3 Å². The lowest BCUT2D eigenvalue weighted by Crippen LogP contribution is -2.69. The summed E-state index contributed by atoms with van der Waals surface area (Å²) < 4.78 is 61.2. The normalized spacial score (nSPS) is 15.2. The van der Waals surface area contributed by atoms with Crippen LogP contribution in [0.25, 0.3) is 0 Å². The van der Waals surface area contributed by atoms with E-state index in [1.54, 1.807) is 5.32 Å². The fraction of sp³-hybridized carbons (Fsp3) is 0.381. The standard InChI is InChI=1S/C21H21F4N3O4S/c1-2-32-19(31)20(21(23,24)25,27-17(30)11-7-9-12(22)10-8-11)28-18-15(16(26)29)13-5-3-4-6-14(13)33-18/h7-10,28H,2-6H2,1H3,(H2,26,29)(H,27,30)/t20-/m0/s1. The van der Waals surface area contributed by atoms with E-state index in [0.717, 1.165) is 48.4 Å². The van der Waals surface area contributed by atoms with E-state index in [1.807, 2.05) is 5.32 Å². The highest BCUT2D eigenvalue weighted by molar-refractivity contribution is 7.16. The number of anilines is 1. The summed E-state index contributed by atoms with van der Waals surface area (Å²) in [5, 5.41) is 3.42. The quantitative estimate of drug-likeness (QED) is 0.314. The number of fused-ring (bicyclic) bond motifs is 1. The Hall–Kier alpha value is -3.15. The van der Waals surface area contributed by atoms with E-state index in [4.69, 9.17) is 5.73 Å². The Labute approximate surface area is 190 Å². The Balaban J connectivity index is 2.12. The molecule has 2 amide bonds. The second kappa shape index (κ2) is 9.38. The zero-order chi connectivity index (χ0) is 24.4. The Kier molecular flexibility index (Phi) is 6.96. The van der Waals surface area contributed by atoms with Crippen molar-refractivity contribution in [3.8, 4) is 0 Å². The minimum absolute atomic E-state index is 0.149. The molecule has 0 radical (unpaired) electrons. The molecule has 33 heavy (non-hydrogen) atoms. The molecule has 0 bridgehead atoms. The van der Waals surface area contributed by atoms with E-state index in [2.05, 4.69) is 4.74 Å². The molecule has 12 heteroatoms. The molecule has 7 nitrogen and oxygen atoms in total. The van der Waals surface area contributed by atoms with E-state index in [-0.39, 0.29) is 16.1 Å². The van der Waals surface area contributed by atoms with Crippen LogP contribution in [0.15, 0.2) is 24.3 Å². The first kappa shape index (κ1) is 24.5. The summed E-state index contributed by atoms with van der Waals surface area (Å²) in [7, 11) is 0. The molecule has 178 valence electrons. The van der Waals surface area contributed by atoms with Crippen molar-refractivity contribution in [3.63, 3.8) is 0 Å². The van der Waals surface area contributed by atoms with Crippen LogP contribution in [-0.2, 0) is 22.4 Å². The number of hydrogen-bond acceptors (Lipinski definition) is 6. The molecule has 1 atom stereocenters. The molecule has 0 saturated carbocycles. The number of esters is 1. The van der Waals surface area contributed by atoms with Crippen LogP contribution >= 0.6 is 11.3 Å². The van der Waals surface area contributed by atoms with Crippen molar-refractivity contribution in [1.82, 2.24) is 5.32 Å². The van der Waals surface area contributed by atoms with Crippen molar-refractivity contribution in [2.45, 2.75) is 44.4 Å². The molecule has 4 N–H and O–H groups in total. The van der Waals surface area contributed by atoms with Gasteiger partial charge in [-0.3, -0.25) is 9.59 Å². The van der Waals surface area contributed by atoms with Crippen LogP contribution in [0.2, 0.25) is 0 Å².